The molecule has 0 aliphatic carbocycles. The first-order valence-corrected chi connectivity index (χ1v) is 9.13. The van der Waals surface area contributed by atoms with E-state index in [0.717, 1.165) is 24.1 Å². The monoisotopic (exact) mass is 380 g/mol. The molecule has 6 nitrogen and oxygen atoms in total. The van der Waals surface area contributed by atoms with E-state index in [1.165, 1.54) is 11.6 Å². The van der Waals surface area contributed by atoms with Crippen LogP contribution >= 0.6 is 0 Å². The largest absolute Gasteiger partial charge is 0.512 e. The summed E-state index contributed by atoms with van der Waals surface area (Å²) >= 11 is 0. The lowest BCUT2D eigenvalue weighted by Gasteiger charge is -2.16. The number of amides is 2. The highest BCUT2D eigenvalue weighted by Gasteiger charge is 2.16. The molecule has 0 radical (unpaired) electrons. The summed E-state index contributed by atoms with van der Waals surface area (Å²) in [5.74, 6) is 0.0112. The molecule has 0 fully saturated rings. The minimum absolute atomic E-state index is 0.0509. The van der Waals surface area contributed by atoms with Crippen molar-refractivity contribution in [2.24, 2.45) is 16.1 Å². The molecule has 0 aliphatic heterocycles. The second-order valence-electron chi connectivity index (χ2n) is 7.68. The first-order valence-electron chi connectivity index (χ1n) is 9.13. The van der Waals surface area contributed by atoms with E-state index in [4.69, 9.17) is 11.5 Å². The minimum Gasteiger partial charge on any atom is -0.512 e. The van der Waals surface area contributed by atoms with Gasteiger partial charge in [-0.3, -0.25) is 0 Å². The predicted octanol–water partition coefficient (Wildman–Crippen LogP) is 4.43. The van der Waals surface area contributed by atoms with Crippen molar-refractivity contribution in [1.82, 2.24) is 0 Å². The molecule has 6 heteroatoms. The van der Waals surface area contributed by atoms with Gasteiger partial charge < -0.3 is 21.9 Å². The Labute approximate surface area is 166 Å². The van der Waals surface area contributed by atoms with E-state index < -0.39 is 11.4 Å². The zero-order valence-corrected chi connectivity index (χ0v) is 16.6. The van der Waals surface area contributed by atoms with Crippen molar-refractivity contribution >= 4 is 23.2 Å². The second-order valence-corrected chi connectivity index (χ2v) is 7.68. The molecule has 0 heterocycles. The summed E-state index contributed by atoms with van der Waals surface area (Å²) in [5, 5.41) is 12.6. The van der Waals surface area contributed by atoms with Gasteiger partial charge in [0.25, 0.3) is 0 Å². The van der Waals surface area contributed by atoms with Crippen LogP contribution in [0.15, 0.2) is 65.4 Å². The number of anilines is 2. The number of nitrogen functional groups attached to an aromatic ring is 1. The number of hydrogen-bond donors (Lipinski definition) is 4. The van der Waals surface area contributed by atoms with Crippen molar-refractivity contribution in [3.05, 3.63) is 71.5 Å². The number of hydrogen-bond acceptors (Lipinski definition) is 3. The molecule has 0 aromatic heterocycles. The number of carbonyl (C=O) groups excluding carboxylic acids is 1. The Balaban J connectivity index is 1.91. The number of nitrogens with one attached hydrogen (secondary N) is 1. The molecule has 2 amide bonds. The van der Waals surface area contributed by atoms with E-state index in [9.17, 15) is 9.90 Å². The smallest absolute Gasteiger partial charge is 0.347 e. The molecular formula is C22H28N4O2. The normalized spacial score (nSPS) is 12.7. The highest BCUT2D eigenvalue weighted by atomic mass is 16.3. The van der Waals surface area contributed by atoms with Gasteiger partial charge in [0.05, 0.1) is 0 Å². The number of urea groups is 1. The average Bonchev–Trinajstić information content (AvgIpc) is 2.61. The van der Waals surface area contributed by atoms with Crippen LogP contribution in [0.2, 0.25) is 0 Å². The van der Waals surface area contributed by atoms with Crippen molar-refractivity contribution in [3.8, 4) is 0 Å². The molecule has 0 unspecified atom stereocenters. The van der Waals surface area contributed by atoms with Crippen LogP contribution in [0, 0.1) is 5.41 Å². The van der Waals surface area contributed by atoms with E-state index in [1.54, 1.807) is 0 Å². The van der Waals surface area contributed by atoms with Crippen molar-refractivity contribution in [3.63, 3.8) is 0 Å². The predicted molar refractivity (Wildman–Crippen MR) is 116 cm³/mol. The maximum absolute atomic E-state index is 12.0. The third-order valence-corrected chi connectivity index (χ3v) is 4.17. The Hall–Kier alpha value is -3.28. The van der Waals surface area contributed by atoms with Gasteiger partial charge in [0, 0.05) is 22.9 Å². The molecule has 2 rings (SSSR count). The van der Waals surface area contributed by atoms with Gasteiger partial charge in [-0.25, -0.2) is 4.79 Å². The van der Waals surface area contributed by atoms with Crippen LogP contribution in [0.4, 0.5) is 16.2 Å². The van der Waals surface area contributed by atoms with Crippen molar-refractivity contribution in [2.75, 3.05) is 11.1 Å². The number of allylic oxidation sites excluding steroid dienone is 1. The number of benzene rings is 2. The maximum atomic E-state index is 12.0. The number of carbonyl (C=O) groups is 1. The van der Waals surface area contributed by atoms with E-state index in [1.807, 2.05) is 69.3 Å². The van der Waals surface area contributed by atoms with Gasteiger partial charge in [-0.1, -0.05) is 45.0 Å². The van der Waals surface area contributed by atoms with Gasteiger partial charge in [0.2, 0.25) is 0 Å². The Kier molecular flexibility index (Phi) is 6.82. The van der Waals surface area contributed by atoms with Crippen LogP contribution in [0.3, 0.4) is 0 Å². The van der Waals surface area contributed by atoms with Gasteiger partial charge in [0.15, 0.2) is 0 Å². The van der Waals surface area contributed by atoms with Gasteiger partial charge >= 0.3 is 6.03 Å². The van der Waals surface area contributed by atoms with Crippen LogP contribution in [0.25, 0.3) is 0 Å². The van der Waals surface area contributed by atoms with E-state index in [0.29, 0.717) is 5.69 Å². The summed E-state index contributed by atoms with van der Waals surface area (Å²) in [6.45, 7) is 5.50. The second kappa shape index (κ2) is 9.08. The lowest BCUT2D eigenvalue weighted by atomic mass is 9.93. The quantitative estimate of drug-likeness (QED) is 0.266. The number of aliphatic imine (C=N–C) groups is 1. The topological polar surface area (TPSA) is 114 Å². The van der Waals surface area contributed by atoms with Gasteiger partial charge in [-0.15, -0.1) is 0 Å². The molecule has 0 spiro atoms. The summed E-state index contributed by atoms with van der Waals surface area (Å²) in [5.41, 5.74) is 14.7. The van der Waals surface area contributed by atoms with E-state index in [2.05, 4.69) is 10.3 Å². The number of nitrogens with zero attached hydrogens (tertiary/aromatic N) is 1. The lowest BCUT2D eigenvalue weighted by molar-refractivity contribution is 0.259. The molecule has 0 bridgehead atoms. The van der Waals surface area contributed by atoms with E-state index in [-0.39, 0.29) is 11.6 Å². The third-order valence-electron chi connectivity index (χ3n) is 4.17. The van der Waals surface area contributed by atoms with Crippen LogP contribution in [0.1, 0.15) is 31.9 Å². The maximum Gasteiger partial charge on any atom is 0.347 e. The first-order chi connectivity index (χ1) is 13.1. The van der Waals surface area contributed by atoms with Crippen LogP contribution < -0.4 is 16.8 Å². The van der Waals surface area contributed by atoms with Crippen LogP contribution in [-0.4, -0.2) is 17.0 Å². The number of nitrogens with two attached hydrogens (primary N) is 2. The number of aryl methyl sites for hydroxylation is 2. The summed E-state index contributed by atoms with van der Waals surface area (Å²) in [6, 6.07) is 14.8. The molecule has 0 saturated heterocycles. The summed E-state index contributed by atoms with van der Waals surface area (Å²) in [4.78, 5) is 15.7. The fourth-order valence-electron chi connectivity index (χ4n) is 2.39. The van der Waals surface area contributed by atoms with Gasteiger partial charge in [-0.2, -0.15) is 4.99 Å². The standard InChI is InChI=1S/C22H28N4O2/c1-22(2,3)19(27)14-20(24)26-21(28)25-18-12-8-16(9-13-18)5-4-15-6-10-17(23)11-7-15/h6-14,27H,4-5,23H2,1-3H3,(H3,24,25,26,28)/b19-14-. The summed E-state index contributed by atoms with van der Waals surface area (Å²) < 4.78 is 0. The van der Waals surface area contributed by atoms with Gasteiger partial charge in [-0.05, 0) is 48.2 Å². The zero-order chi connectivity index (χ0) is 20.7. The zero-order valence-electron chi connectivity index (χ0n) is 16.6. The minimum atomic E-state index is -0.593. The SMILES string of the molecule is CC(C)(C)/C(O)=C/C(N)=N\C(=O)Nc1ccc(CCc2ccc(N)cc2)cc1. The Morgan fingerprint density at radius 1 is 1.04 bits per heavy atom. The molecule has 6 N–H and O–H groups in total. The Bertz CT molecular complexity index is 861. The molecule has 2 aromatic rings. The summed E-state index contributed by atoms with van der Waals surface area (Å²) in [7, 11) is 0. The average molecular weight is 380 g/mol. The van der Waals surface area contributed by atoms with Crippen molar-refractivity contribution in [2.45, 2.75) is 33.6 Å². The van der Waals surface area contributed by atoms with E-state index >= 15 is 0 Å². The highest BCUT2D eigenvalue weighted by molar-refractivity contribution is 6.03. The Morgan fingerprint density at radius 3 is 2.04 bits per heavy atom. The lowest BCUT2D eigenvalue weighted by Crippen LogP contribution is -2.18. The van der Waals surface area contributed by atoms with Crippen molar-refractivity contribution in [1.29, 1.82) is 0 Å². The number of aliphatic hydroxyl groups excluding tert-OH is 1. The van der Waals surface area contributed by atoms with Crippen LogP contribution in [0.5, 0.6) is 0 Å². The molecule has 2 aromatic carbocycles. The highest BCUT2D eigenvalue weighted by Crippen LogP contribution is 2.22. The Morgan fingerprint density at radius 2 is 1.54 bits per heavy atom. The number of rotatable bonds is 5. The first kappa shape index (κ1) is 21.0. The molecule has 0 aliphatic rings. The molecule has 148 valence electrons. The fourth-order valence-corrected chi connectivity index (χ4v) is 2.39. The summed E-state index contributed by atoms with van der Waals surface area (Å²) in [6.07, 6.45) is 3.09. The molecule has 0 saturated carbocycles. The third kappa shape index (κ3) is 6.79. The number of aliphatic hydroxyl groups is 1. The van der Waals surface area contributed by atoms with Gasteiger partial charge in [0.1, 0.15) is 11.6 Å². The molecule has 0 atom stereocenters. The molecular weight excluding hydrogens is 352 g/mol. The van der Waals surface area contributed by atoms with Crippen molar-refractivity contribution < 1.29 is 9.90 Å². The van der Waals surface area contributed by atoms with Crippen LogP contribution in [-0.2, 0) is 12.8 Å². The molecule has 28 heavy (non-hydrogen) atoms. The number of amidine groups is 1. The fraction of sp³-hybridized carbons (Fsp3) is 0.273.